The summed E-state index contributed by atoms with van der Waals surface area (Å²) in [6.45, 7) is -7.28. The summed E-state index contributed by atoms with van der Waals surface area (Å²) >= 11 is 0. The summed E-state index contributed by atoms with van der Waals surface area (Å²) in [4.78, 5) is 22.8. The van der Waals surface area contributed by atoms with Crippen LogP contribution in [0.5, 0.6) is 0 Å². The molecule has 0 bridgehead atoms. The third-order valence-corrected chi connectivity index (χ3v) is 1.95. The van der Waals surface area contributed by atoms with Gasteiger partial charge < -0.3 is 20.5 Å². The summed E-state index contributed by atoms with van der Waals surface area (Å²) in [6, 6.07) is -3.42. The molecule has 0 spiro atoms. The molecule has 0 saturated carbocycles. The summed E-state index contributed by atoms with van der Waals surface area (Å²) in [6.07, 6.45) is -2.46. The minimum Gasteiger partial charge on any atom is -0.449 e. The Kier molecular flexibility index (Phi) is 2.87. The Morgan fingerprint density at radius 1 is 1.56 bits per heavy atom. The van der Waals surface area contributed by atoms with E-state index in [1.807, 2.05) is 0 Å². The predicted octanol–water partition coefficient (Wildman–Crippen LogP) is 2.02. The lowest BCUT2D eigenvalue weighted by Gasteiger charge is -2.27. The van der Waals surface area contributed by atoms with Crippen molar-refractivity contribution >= 4 is 12.2 Å². The smallest absolute Gasteiger partial charge is 0.407 e. The first-order valence-electron chi connectivity index (χ1n) is 9.76. The number of rotatable bonds is 7. The zero-order valence-corrected chi connectivity index (χ0v) is 10.3. The monoisotopic (exact) mass is 269 g/mol. The van der Waals surface area contributed by atoms with Crippen molar-refractivity contribution in [2.75, 3.05) is 13.2 Å². The van der Waals surface area contributed by atoms with Crippen LogP contribution >= 0.6 is 0 Å². The van der Waals surface area contributed by atoms with Gasteiger partial charge in [-0.05, 0) is 20.1 Å². The van der Waals surface area contributed by atoms with E-state index in [4.69, 9.17) is 18.1 Å². The van der Waals surface area contributed by atoms with Crippen LogP contribution in [-0.4, -0.2) is 31.4 Å². The summed E-state index contributed by atoms with van der Waals surface area (Å²) in [5, 5.41) is 1.42. The van der Waals surface area contributed by atoms with Crippen molar-refractivity contribution in [1.82, 2.24) is 5.32 Å². The molecule has 6 nitrogen and oxygen atoms in total. The van der Waals surface area contributed by atoms with Gasteiger partial charge in [0.25, 0.3) is 0 Å². The molecule has 0 aliphatic carbocycles. The number of primary amides is 1. The third kappa shape index (κ3) is 7.76. The fraction of sp³-hybridized carbons (Fsp3) is 0.833. The number of hydrogen-bond donors (Lipinski definition) is 2. The van der Waals surface area contributed by atoms with Gasteiger partial charge in [0.2, 0.25) is 0 Å². The van der Waals surface area contributed by atoms with E-state index in [2.05, 4.69) is 9.47 Å². The lowest BCUT2D eigenvalue weighted by atomic mass is 9.87. The fourth-order valence-electron chi connectivity index (χ4n) is 1.23. The first-order chi connectivity index (χ1) is 11.8. The molecule has 6 heteroatoms. The molecule has 0 aromatic carbocycles. The first-order valence-corrected chi connectivity index (χ1v) is 5.26. The molecule has 18 heavy (non-hydrogen) atoms. The second-order valence-electron chi connectivity index (χ2n) is 3.91. The van der Waals surface area contributed by atoms with Gasteiger partial charge in [0.1, 0.15) is 13.2 Å². The molecule has 0 heterocycles. The topological polar surface area (TPSA) is 90.7 Å². The lowest BCUT2D eigenvalue weighted by molar-refractivity contribution is 0.0333. The van der Waals surface area contributed by atoms with Gasteiger partial charge in [-0.1, -0.05) is 20.3 Å². The van der Waals surface area contributed by atoms with Crippen LogP contribution in [0, 0.1) is 5.41 Å². The highest BCUT2D eigenvalue weighted by molar-refractivity contribution is 5.67. The van der Waals surface area contributed by atoms with Crippen molar-refractivity contribution in [3.05, 3.63) is 0 Å². The van der Waals surface area contributed by atoms with Gasteiger partial charge >= 0.3 is 12.2 Å². The van der Waals surface area contributed by atoms with Crippen LogP contribution in [-0.2, 0) is 9.47 Å². The molecule has 0 radical (unpaired) electrons. The average molecular weight is 269 g/mol. The van der Waals surface area contributed by atoms with Crippen molar-refractivity contribution < 1.29 is 31.4 Å². The van der Waals surface area contributed by atoms with Gasteiger partial charge in [-0.2, -0.15) is 0 Å². The second-order valence-corrected chi connectivity index (χ2v) is 3.91. The van der Waals surface area contributed by atoms with Crippen LogP contribution < -0.4 is 11.1 Å². The molecule has 1 unspecified atom stereocenters. The molecule has 106 valence electrons. The number of alkyl carbamates (subject to hydrolysis) is 1. The molecule has 0 fully saturated rings. The Labute approximate surface area is 121 Å². The van der Waals surface area contributed by atoms with Gasteiger partial charge in [0, 0.05) is 19.7 Å². The van der Waals surface area contributed by atoms with Crippen molar-refractivity contribution in [3.63, 3.8) is 0 Å². The molecule has 0 rings (SSSR count). The van der Waals surface area contributed by atoms with Crippen LogP contribution in [0.4, 0.5) is 9.59 Å². The molecule has 0 aliphatic rings. The Morgan fingerprint density at radius 3 is 2.72 bits per heavy atom. The van der Waals surface area contributed by atoms with Gasteiger partial charge in [0.15, 0.2) is 0 Å². The van der Waals surface area contributed by atoms with E-state index < -0.39 is 50.5 Å². The van der Waals surface area contributed by atoms with Crippen LogP contribution in [0.2, 0.25) is 0 Å². The van der Waals surface area contributed by atoms with Crippen LogP contribution in [0.15, 0.2) is 0 Å². The highest BCUT2D eigenvalue weighted by atomic mass is 16.6. The number of nitrogens with two attached hydrogens (primary N) is 1. The maximum absolute atomic E-state index is 12.0. The number of carbonyl (C=O) groups is 2. The second kappa shape index (κ2) is 7.79. The summed E-state index contributed by atoms with van der Waals surface area (Å²) < 4.78 is 76.2. The van der Waals surface area contributed by atoms with Crippen LogP contribution in [0.1, 0.15) is 52.7 Å². The largest absolute Gasteiger partial charge is 0.449 e. The number of hydrogen-bond acceptors (Lipinski definition) is 4. The molecule has 3 N–H and O–H groups in total. The summed E-state index contributed by atoms with van der Waals surface area (Å²) in [7, 11) is 0. The molecular weight excluding hydrogens is 236 g/mol. The molecule has 0 aromatic heterocycles. The predicted molar refractivity (Wildman–Crippen MR) is 68.2 cm³/mol. The summed E-state index contributed by atoms with van der Waals surface area (Å²) in [5.41, 5.74) is 3.30. The number of ether oxygens (including phenoxy) is 2. The Hall–Kier alpha value is -1.46. The summed E-state index contributed by atoms with van der Waals surface area (Å²) in [5.74, 6) is 0. The fourth-order valence-corrected chi connectivity index (χ4v) is 1.23. The van der Waals surface area contributed by atoms with Crippen molar-refractivity contribution in [3.8, 4) is 0 Å². The van der Waals surface area contributed by atoms with E-state index in [0.29, 0.717) is 6.42 Å². The van der Waals surface area contributed by atoms with Crippen LogP contribution in [0.3, 0.4) is 0 Å². The van der Waals surface area contributed by atoms with E-state index in [1.165, 1.54) is 12.2 Å². The highest BCUT2D eigenvalue weighted by Crippen LogP contribution is 2.24. The maximum atomic E-state index is 12.0. The molecule has 0 saturated heterocycles. The standard InChI is InChI=1S/C12H24N2O4/c1-5-6-12(4,7-17-10(13)15)8-18-11(16)14-9(2)3/h9H,5-8H2,1-4H3,(H2,13,15)(H,14,16)/i2D3,3D3,8D2,9D. The van der Waals surface area contributed by atoms with Gasteiger partial charge in [0.05, 0.1) is 4.11 Å². The number of carbonyl (C=O) groups excluding carboxylic acids is 2. The first kappa shape index (κ1) is 6.63. The molecule has 0 aromatic rings. The highest BCUT2D eigenvalue weighted by Gasteiger charge is 2.27. The SMILES string of the molecule is [2H]C([2H])([2H])C([2H])(NC(=O)OC([2H])([2H])C(C)(CCC)COC(N)=O)C([2H])([2H])[2H]. The lowest BCUT2D eigenvalue weighted by Crippen LogP contribution is -2.37. The molecule has 0 aliphatic heterocycles. The zero-order chi connectivity index (χ0) is 21.9. The van der Waals surface area contributed by atoms with E-state index in [9.17, 15) is 9.59 Å². The van der Waals surface area contributed by atoms with Gasteiger partial charge in [-0.3, -0.25) is 0 Å². The van der Waals surface area contributed by atoms with E-state index in [0.717, 1.165) is 0 Å². The Balaban J connectivity index is 5.57. The maximum Gasteiger partial charge on any atom is 0.407 e. The minimum atomic E-state index is -3.45. The Morgan fingerprint density at radius 2 is 2.22 bits per heavy atom. The third-order valence-electron chi connectivity index (χ3n) is 1.95. The van der Waals surface area contributed by atoms with E-state index in [1.54, 1.807) is 6.92 Å². The van der Waals surface area contributed by atoms with E-state index in [-0.39, 0.29) is 6.42 Å². The van der Waals surface area contributed by atoms with Crippen LogP contribution in [0.25, 0.3) is 0 Å². The molecule has 2 amide bonds. The Bertz CT molecular complexity index is 536. The number of amides is 2. The normalized spacial score (nSPS) is 24.0. The van der Waals surface area contributed by atoms with E-state index >= 15 is 0 Å². The van der Waals surface area contributed by atoms with Gasteiger partial charge in [-0.25, -0.2) is 9.59 Å². The van der Waals surface area contributed by atoms with Crippen molar-refractivity contribution in [2.45, 2.75) is 46.4 Å². The molecule has 1 atom stereocenters. The van der Waals surface area contributed by atoms with Gasteiger partial charge in [-0.15, -0.1) is 0 Å². The minimum absolute atomic E-state index is 0.0745. The molecular formula is C12H24N2O4. The number of nitrogens with one attached hydrogen (secondary N) is 1. The quantitative estimate of drug-likeness (QED) is 0.739. The van der Waals surface area contributed by atoms with Crippen molar-refractivity contribution in [2.24, 2.45) is 11.1 Å². The zero-order valence-electron chi connectivity index (χ0n) is 19.3. The average Bonchev–Trinajstić information content (AvgIpc) is 2.42. The van der Waals surface area contributed by atoms with Crippen molar-refractivity contribution in [1.29, 1.82) is 0 Å².